The number of rotatable bonds is 7. The Hall–Kier alpha value is -2.77. The molecule has 5 heteroatoms. The molecule has 0 atom stereocenters. The van der Waals surface area contributed by atoms with Crippen molar-refractivity contribution in [2.24, 2.45) is 0 Å². The number of carbonyl (C=O) groups excluding carboxylic acids is 1. The Balaban J connectivity index is 2.17. The van der Waals surface area contributed by atoms with E-state index in [0.717, 1.165) is 12.8 Å². The number of nitriles is 1. The Morgan fingerprint density at radius 3 is 2.64 bits per heavy atom. The number of nitrogens with zero attached hydrogens (tertiary/aromatic N) is 1. The third kappa shape index (κ3) is 5.66. The van der Waals surface area contributed by atoms with Gasteiger partial charge in [-0.3, -0.25) is 4.79 Å². The van der Waals surface area contributed by atoms with Crippen LogP contribution >= 0.6 is 11.6 Å². The maximum absolute atomic E-state index is 12.3. The molecule has 0 spiro atoms. The lowest BCUT2D eigenvalue weighted by atomic mass is 10.1. The van der Waals surface area contributed by atoms with Crippen LogP contribution < -0.4 is 10.1 Å². The summed E-state index contributed by atoms with van der Waals surface area (Å²) in [5, 5.41) is 12.6. The quantitative estimate of drug-likeness (QED) is 0.429. The van der Waals surface area contributed by atoms with Crippen LogP contribution in [0.3, 0.4) is 0 Å². The van der Waals surface area contributed by atoms with Crippen molar-refractivity contribution in [2.75, 3.05) is 11.9 Å². The molecule has 2 aromatic carbocycles. The molecule has 0 fully saturated rings. The van der Waals surface area contributed by atoms with Gasteiger partial charge in [0.25, 0.3) is 5.91 Å². The summed E-state index contributed by atoms with van der Waals surface area (Å²) in [4.78, 5) is 12.3. The summed E-state index contributed by atoms with van der Waals surface area (Å²) in [5.41, 5.74) is 1.27. The number of amides is 1. The molecule has 4 nitrogen and oxygen atoms in total. The zero-order valence-electron chi connectivity index (χ0n) is 14.0. The first-order valence-corrected chi connectivity index (χ1v) is 8.42. The Labute approximate surface area is 152 Å². The summed E-state index contributed by atoms with van der Waals surface area (Å²) >= 11 is 5.82. The number of benzene rings is 2. The Kier molecular flexibility index (Phi) is 7.06. The van der Waals surface area contributed by atoms with E-state index in [1.165, 1.54) is 6.08 Å². The molecular formula is C20H19ClN2O2. The maximum atomic E-state index is 12.3. The van der Waals surface area contributed by atoms with Crippen LogP contribution in [-0.4, -0.2) is 12.5 Å². The van der Waals surface area contributed by atoms with E-state index in [-0.39, 0.29) is 5.57 Å². The molecule has 0 radical (unpaired) electrons. The van der Waals surface area contributed by atoms with Crippen LogP contribution in [0, 0.1) is 11.3 Å². The van der Waals surface area contributed by atoms with Gasteiger partial charge in [0.05, 0.1) is 6.61 Å². The minimum atomic E-state index is -0.479. The molecule has 2 rings (SSSR count). The molecule has 0 aliphatic heterocycles. The number of unbranched alkanes of at least 4 members (excludes halogenated alkanes) is 1. The van der Waals surface area contributed by atoms with Gasteiger partial charge in [-0.05, 0) is 42.8 Å². The largest absolute Gasteiger partial charge is 0.493 e. The molecular weight excluding hydrogens is 336 g/mol. The fourth-order valence-corrected chi connectivity index (χ4v) is 2.22. The summed E-state index contributed by atoms with van der Waals surface area (Å²) < 4.78 is 5.73. The summed E-state index contributed by atoms with van der Waals surface area (Å²) in [6.07, 6.45) is 3.51. The lowest BCUT2D eigenvalue weighted by molar-refractivity contribution is -0.112. The van der Waals surface area contributed by atoms with Gasteiger partial charge < -0.3 is 10.1 Å². The van der Waals surface area contributed by atoms with Crippen molar-refractivity contribution in [1.82, 2.24) is 0 Å². The molecule has 128 valence electrons. The molecule has 0 aromatic heterocycles. The van der Waals surface area contributed by atoms with Gasteiger partial charge in [0.1, 0.15) is 17.4 Å². The normalized spacial score (nSPS) is 10.8. The molecule has 0 aliphatic rings. The van der Waals surface area contributed by atoms with Crippen molar-refractivity contribution in [3.63, 3.8) is 0 Å². The molecule has 0 heterocycles. The van der Waals surface area contributed by atoms with E-state index >= 15 is 0 Å². The summed E-state index contributed by atoms with van der Waals surface area (Å²) in [6, 6.07) is 16.0. The highest BCUT2D eigenvalue weighted by atomic mass is 35.5. The first-order chi connectivity index (χ1) is 12.1. The van der Waals surface area contributed by atoms with Gasteiger partial charge in [-0.15, -0.1) is 0 Å². The summed E-state index contributed by atoms with van der Waals surface area (Å²) in [6.45, 7) is 2.68. The number of hydrogen-bond acceptors (Lipinski definition) is 3. The Morgan fingerprint density at radius 1 is 1.24 bits per heavy atom. The van der Waals surface area contributed by atoms with E-state index in [9.17, 15) is 10.1 Å². The lowest BCUT2D eigenvalue weighted by Crippen LogP contribution is -2.13. The first-order valence-electron chi connectivity index (χ1n) is 8.04. The number of halogens is 1. The Morgan fingerprint density at radius 2 is 1.96 bits per heavy atom. The van der Waals surface area contributed by atoms with E-state index < -0.39 is 5.91 Å². The third-order valence-corrected chi connectivity index (χ3v) is 3.69. The van der Waals surface area contributed by atoms with Gasteiger partial charge in [0.15, 0.2) is 0 Å². The highest BCUT2D eigenvalue weighted by Gasteiger charge is 2.11. The van der Waals surface area contributed by atoms with E-state index in [1.54, 1.807) is 24.3 Å². The fraction of sp³-hybridized carbons (Fsp3) is 0.200. The lowest BCUT2D eigenvalue weighted by Gasteiger charge is -2.09. The van der Waals surface area contributed by atoms with Gasteiger partial charge in [-0.2, -0.15) is 5.26 Å². The van der Waals surface area contributed by atoms with Crippen LogP contribution in [0.4, 0.5) is 5.69 Å². The molecule has 0 bridgehead atoms. The molecule has 2 aromatic rings. The van der Waals surface area contributed by atoms with Crippen LogP contribution in [0.1, 0.15) is 25.3 Å². The van der Waals surface area contributed by atoms with E-state index in [2.05, 4.69) is 12.2 Å². The summed E-state index contributed by atoms with van der Waals surface area (Å²) in [5.74, 6) is 0.177. The maximum Gasteiger partial charge on any atom is 0.266 e. The fourth-order valence-electron chi connectivity index (χ4n) is 2.09. The molecule has 1 N–H and O–H groups in total. The molecule has 1 amide bonds. The highest BCUT2D eigenvalue weighted by molar-refractivity contribution is 6.30. The number of carbonyl (C=O) groups is 1. The Bertz CT molecular complexity index is 792. The molecule has 0 saturated carbocycles. The topological polar surface area (TPSA) is 62.1 Å². The number of para-hydroxylation sites is 1. The van der Waals surface area contributed by atoms with E-state index in [1.807, 2.05) is 30.3 Å². The standard InChI is InChI=1S/C20H19ClN2O2/c1-2-3-12-25-19-7-5-4-6-15(19)13-16(14-22)20(24)23-18-10-8-17(21)9-11-18/h4-11,13H,2-3,12H2,1H3,(H,23,24)/b16-13+. The van der Waals surface area contributed by atoms with Gasteiger partial charge in [0.2, 0.25) is 0 Å². The van der Waals surface area contributed by atoms with Crippen molar-refractivity contribution >= 4 is 29.3 Å². The predicted octanol–water partition coefficient (Wildman–Crippen LogP) is 5.06. The molecule has 0 saturated heterocycles. The van der Waals surface area contributed by atoms with Crippen molar-refractivity contribution in [1.29, 1.82) is 5.26 Å². The minimum absolute atomic E-state index is 0.00138. The smallest absolute Gasteiger partial charge is 0.266 e. The number of ether oxygens (including phenoxy) is 1. The van der Waals surface area contributed by atoms with Gasteiger partial charge >= 0.3 is 0 Å². The number of anilines is 1. The molecule has 25 heavy (non-hydrogen) atoms. The first kappa shape index (κ1) is 18.6. The third-order valence-electron chi connectivity index (χ3n) is 3.44. The van der Waals surface area contributed by atoms with E-state index in [0.29, 0.717) is 28.6 Å². The second-order valence-corrected chi connectivity index (χ2v) is 5.81. The number of nitrogens with one attached hydrogen (secondary N) is 1. The van der Waals surface area contributed by atoms with Crippen LogP contribution in [0.25, 0.3) is 6.08 Å². The van der Waals surface area contributed by atoms with Crippen LogP contribution in [0.15, 0.2) is 54.1 Å². The monoisotopic (exact) mass is 354 g/mol. The second-order valence-electron chi connectivity index (χ2n) is 5.37. The SMILES string of the molecule is CCCCOc1ccccc1/C=C(\C#N)C(=O)Nc1ccc(Cl)cc1. The average molecular weight is 355 g/mol. The minimum Gasteiger partial charge on any atom is -0.493 e. The zero-order valence-corrected chi connectivity index (χ0v) is 14.7. The highest BCUT2D eigenvalue weighted by Crippen LogP contribution is 2.22. The van der Waals surface area contributed by atoms with Gasteiger partial charge in [-0.1, -0.05) is 43.1 Å². The van der Waals surface area contributed by atoms with Gasteiger partial charge in [0, 0.05) is 16.3 Å². The molecule has 0 unspecified atom stereocenters. The molecule has 0 aliphatic carbocycles. The van der Waals surface area contributed by atoms with Crippen molar-refractivity contribution in [3.8, 4) is 11.8 Å². The predicted molar refractivity (Wildman–Crippen MR) is 101 cm³/mol. The second kappa shape index (κ2) is 9.51. The van der Waals surface area contributed by atoms with Crippen molar-refractivity contribution in [2.45, 2.75) is 19.8 Å². The van der Waals surface area contributed by atoms with Crippen molar-refractivity contribution < 1.29 is 9.53 Å². The van der Waals surface area contributed by atoms with Crippen LogP contribution in [0.5, 0.6) is 5.75 Å². The number of hydrogen-bond donors (Lipinski definition) is 1. The van der Waals surface area contributed by atoms with Crippen molar-refractivity contribution in [3.05, 3.63) is 64.7 Å². The average Bonchev–Trinajstić information content (AvgIpc) is 2.63. The van der Waals surface area contributed by atoms with Crippen LogP contribution in [-0.2, 0) is 4.79 Å². The van der Waals surface area contributed by atoms with E-state index in [4.69, 9.17) is 16.3 Å². The van der Waals surface area contributed by atoms with Gasteiger partial charge in [-0.25, -0.2) is 0 Å². The zero-order chi connectivity index (χ0) is 18.1. The van der Waals surface area contributed by atoms with Crippen LogP contribution in [0.2, 0.25) is 5.02 Å². The summed E-state index contributed by atoms with van der Waals surface area (Å²) in [7, 11) is 0.